The van der Waals surface area contributed by atoms with Crippen LogP contribution in [0.4, 0.5) is 0 Å². The Hall–Kier alpha value is -0.680. The summed E-state index contributed by atoms with van der Waals surface area (Å²) in [4.78, 5) is 19.4. The Balaban J connectivity index is 2.50. The first-order valence-corrected chi connectivity index (χ1v) is 6.97. The van der Waals surface area contributed by atoms with E-state index in [1.807, 2.05) is 20.8 Å². The molecule has 1 atom stereocenters. The zero-order chi connectivity index (χ0) is 13.5. The maximum Gasteiger partial charge on any atom is 0.265 e. The van der Waals surface area contributed by atoms with Crippen LogP contribution in [0.3, 0.4) is 0 Å². The highest BCUT2D eigenvalue weighted by atomic mass is 79.9. The summed E-state index contributed by atoms with van der Waals surface area (Å²) in [6.07, 6.45) is 2.19. The van der Waals surface area contributed by atoms with Gasteiger partial charge in [0.1, 0.15) is 16.4 Å². The fourth-order valence-electron chi connectivity index (χ4n) is 2.03. The molecule has 0 aliphatic heterocycles. The predicted octanol–water partition coefficient (Wildman–Crippen LogP) is 2.93. The average Bonchev–Trinajstić information content (AvgIpc) is 3.06. The number of rotatable bonds is 3. The molecular weight excluding hydrogens is 296 g/mol. The van der Waals surface area contributed by atoms with Crippen molar-refractivity contribution in [3.05, 3.63) is 26.3 Å². The number of ether oxygens (including phenoxy) is 1. The number of hydrogen-bond acceptors (Lipinski definition) is 3. The Morgan fingerprint density at radius 1 is 1.44 bits per heavy atom. The van der Waals surface area contributed by atoms with Crippen LogP contribution in [-0.2, 0) is 10.2 Å². The van der Waals surface area contributed by atoms with Gasteiger partial charge < -0.3 is 9.72 Å². The van der Waals surface area contributed by atoms with Crippen LogP contribution in [0.15, 0.2) is 9.27 Å². The molecule has 100 valence electrons. The second-order valence-corrected chi connectivity index (χ2v) is 6.65. The van der Waals surface area contributed by atoms with Crippen molar-refractivity contribution in [3.63, 3.8) is 0 Å². The highest BCUT2D eigenvalue weighted by molar-refractivity contribution is 9.10. The summed E-state index contributed by atoms with van der Waals surface area (Å²) in [5.74, 6) is 1.14. The molecule has 4 nitrogen and oxygen atoms in total. The van der Waals surface area contributed by atoms with Gasteiger partial charge in [-0.1, -0.05) is 20.8 Å². The fraction of sp³-hybridized carbons (Fsp3) is 0.692. The SMILES string of the molecule is COC(c1nc(C(C)(C)C)c(Br)c(=O)[nH]1)C1CC1. The van der Waals surface area contributed by atoms with Crippen LogP contribution in [0.25, 0.3) is 0 Å². The Bertz CT molecular complexity index is 501. The van der Waals surface area contributed by atoms with E-state index >= 15 is 0 Å². The molecule has 0 amide bonds. The molecule has 1 unspecified atom stereocenters. The van der Waals surface area contributed by atoms with E-state index in [0.29, 0.717) is 16.2 Å². The lowest BCUT2D eigenvalue weighted by molar-refractivity contribution is 0.0765. The molecule has 0 radical (unpaired) electrons. The maximum atomic E-state index is 12.0. The smallest absolute Gasteiger partial charge is 0.265 e. The molecule has 0 aromatic carbocycles. The quantitative estimate of drug-likeness (QED) is 0.933. The van der Waals surface area contributed by atoms with E-state index < -0.39 is 0 Å². The Morgan fingerprint density at radius 2 is 2.06 bits per heavy atom. The lowest BCUT2D eigenvalue weighted by Crippen LogP contribution is -2.25. The van der Waals surface area contributed by atoms with Crippen molar-refractivity contribution in [1.82, 2.24) is 9.97 Å². The number of nitrogens with zero attached hydrogens (tertiary/aromatic N) is 1. The third kappa shape index (κ3) is 2.67. The predicted molar refractivity (Wildman–Crippen MR) is 73.7 cm³/mol. The van der Waals surface area contributed by atoms with E-state index in [2.05, 4.69) is 25.9 Å². The van der Waals surface area contributed by atoms with Gasteiger partial charge in [-0.3, -0.25) is 4.79 Å². The molecule has 5 heteroatoms. The molecule has 1 N–H and O–H groups in total. The van der Waals surface area contributed by atoms with Gasteiger partial charge in [-0.25, -0.2) is 4.98 Å². The van der Waals surface area contributed by atoms with Gasteiger partial charge in [-0.2, -0.15) is 0 Å². The van der Waals surface area contributed by atoms with Crippen LogP contribution in [0.1, 0.15) is 51.2 Å². The third-order valence-corrected chi connectivity index (χ3v) is 3.90. The number of nitrogens with one attached hydrogen (secondary N) is 1. The Morgan fingerprint density at radius 3 is 2.50 bits per heavy atom. The van der Waals surface area contributed by atoms with Crippen molar-refractivity contribution in [2.75, 3.05) is 7.11 Å². The van der Waals surface area contributed by atoms with E-state index in [4.69, 9.17) is 4.74 Å². The molecule has 0 saturated heterocycles. The van der Waals surface area contributed by atoms with Crippen LogP contribution < -0.4 is 5.56 Å². The Kier molecular flexibility index (Phi) is 3.65. The van der Waals surface area contributed by atoms with Crippen molar-refractivity contribution < 1.29 is 4.74 Å². The standard InChI is InChI=1S/C13H19BrN2O2/c1-13(2,3)10-8(14)12(17)16-11(15-10)9(18-4)7-5-6-7/h7,9H,5-6H2,1-4H3,(H,15,16,17). The van der Waals surface area contributed by atoms with Crippen molar-refractivity contribution in [2.24, 2.45) is 5.92 Å². The fourth-order valence-corrected chi connectivity index (χ4v) is 2.82. The topological polar surface area (TPSA) is 55.0 Å². The van der Waals surface area contributed by atoms with Crippen LogP contribution in [0.5, 0.6) is 0 Å². The third-order valence-electron chi connectivity index (χ3n) is 3.17. The highest BCUT2D eigenvalue weighted by Gasteiger charge is 2.35. The van der Waals surface area contributed by atoms with Gasteiger partial charge in [-0.15, -0.1) is 0 Å². The zero-order valence-electron chi connectivity index (χ0n) is 11.2. The first kappa shape index (κ1) is 13.7. The number of hydrogen-bond donors (Lipinski definition) is 1. The summed E-state index contributed by atoms with van der Waals surface area (Å²) in [5.41, 5.74) is 0.473. The van der Waals surface area contributed by atoms with Gasteiger partial charge in [0.2, 0.25) is 0 Å². The zero-order valence-corrected chi connectivity index (χ0v) is 12.8. The minimum atomic E-state index is -0.177. The van der Waals surface area contributed by atoms with Gasteiger partial charge in [0.15, 0.2) is 0 Å². The van der Waals surface area contributed by atoms with Crippen LogP contribution in [-0.4, -0.2) is 17.1 Å². The summed E-state index contributed by atoms with van der Waals surface area (Å²) in [6, 6.07) is 0. The van der Waals surface area contributed by atoms with Gasteiger partial charge in [0.25, 0.3) is 5.56 Å². The first-order chi connectivity index (χ1) is 8.34. The minimum absolute atomic E-state index is 0.0908. The minimum Gasteiger partial charge on any atom is -0.373 e. The summed E-state index contributed by atoms with van der Waals surface area (Å²) in [6.45, 7) is 6.13. The van der Waals surface area contributed by atoms with Crippen molar-refractivity contribution in [3.8, 4) is 0 Å². The lowest BCUT2D eigenvalue weighted by Gasteiger charge is -2.21. The molecule has 0 bridgehead atoms. The van der Waals surface area contributed by atoms with Crippen LogP contribution >= 0.6 is 15.9 Å². The van der Waals surface area contributed by atoms with E-state index in [-0.39, 0.29) is 17.1 Å². The molecule has 18 heavy (non-hydrogen) atoms. The van der Waals surface area contributed by atoms with Gasteiger partial charge in [0, 0.05) is 12.5 Å². The molecule has 1 aromatic rings. The molecule has 1 saturated carbocycles. The van der Waals surface area contributed by atoms with E-state index in [1.54, 1.807) is 7.11 Å². The van der Waals surface area contributed by atoms with Crippen molar-refractivity contribution in [2.45, 2.75) is 45.1 Å². The summed E-state index contributed by atoms with van der Waals surface area (Å²) >= 11 is 3.33. The largest absolute Gasteiger partial charge is 0.373 e. The van der Waals surface area contributed by atoms with E-state index in [0.717, 1.165) is 18.5 Å². The normalized spacial score (nSPS) is 17.8. The highest BCUT2D eigenvalue weighted by Crippen LogP contribution is 2.42. The van der Waals surface area contributed by atoms with Crippen LogP contribution in [0, 0.1) is 5.92 Å². The van der Waals surface area contributed by atoms with E-state index in [1.165, 1.54) is 0 Å². The summed E-state index contributed by atoms with van der Waals surface area (Å²) < 4.78 is 5.99. The summed E-state index contributed by atoms with van der Waals surface area (Å²) in [5, 5.41) is 0. The van der Waals surface area contributed by atoms with E-state index in [9.17, 15) is 4.79 Å². The van der Waals surface area contributed by atoms with Gasteiger partial charge >= 0.3 is 0 Å². The molecule has 1 aliphatic carbocycles. The second-order valence-electron chi connectivity index (χ2n) is 5.86. The molecule has 2 rings (SSSR count). The number of aromatic nitrogens is 2. The lowest BCUT2D eigenvalue weighted by atomic mass is 9.92. The number of H-pyrrole nitrogens is 1. The monoisotopic (exact) mass is 314 g/mol. The summed E-state index contributed by atoms with van der Waals surface area (Å²) in [7, 11) is 1.67. The van der Waals surface area contributed by atoms with Crippen molar-refractivity contribution in [1.29, 1.82) is 0 Å². The molecule has 1 aromatic heterocycles. The van der Waals surface area contributed by atoms with Gasteiger partial charge in [-0.05, 0) is 34.7 Å². The number of aromatic amines is 1. The number of methoxy groups -OCH3 is 1. The number of halogens is 1. The molecule has 1 aliphatic rings. The van der Waals surface area contributed by atoms with Gasteiger partial charge in [0.05, 0.1) is 5.69 Å². The van der Waals surface area contributed by atoms with Crippen molar-refractivity contribution >= 4 is 15.9 Å². The molecule has 1 heterocycles. The maximum absolute atomic E-state index is 12.0. The Labute approximate surface area is 115 Å². The second kappa shape index (κ2) is 4.78. The first-order valence-electron chi connectivity index (χ1n) is 6.17. The molecule has 0 spiro atoms. The molecular formula is C13H19BrN2O2. The average molecular weight is 315 g/mol. The van der Waals surface area contributed by atoms with Crippen LogP contribution in [0.2, 0.25) is 0 Å². The molecule has 1 fully saturated rings.